The SMILES string of the molecule is CC1CNC(=O)C(CC(=O)NC2(CO)CCCC2)CC=CCC(Cc2ccccc2)C(=O)O1. The van der Waals surface area contributed by atoms with Crippen molar-refractivity contribution in [2.24, 2.45) is 11.8 Å². The van der Waals surface area contributed by atoms with E-state index >= 15 is 0 Å². The van der Waals surface area contributed by atoms with E-state index in [2.05, 4.69) is 10.6 Å². The van der Waals surface area contributed by atoms with Crippen LogP contribution in [0.4, 0.5) is 0 Å². The molecule has 1 fully saturated rings. The Morgan fingerprint density at radius 3 is 2.45 bits per heavy atom. The molecule has 1 aliphatic carbocycles. The smallest absolute Gasteiger partial charge is 0.309 e. The fourth-order valence-electron chi connectivity index (χ4n) is 4.64. The van der Waals surface area contributed by atoms with E-state index in [4.69, 9.17) is 4.74 Å². The summed E-state index contributed by atoms with van der Waals surface area (Å²) in [5, 5.41) is 15.6. The summed E-state index contributed by atoms with van der Waals surface area (Å²) in [5.74, 6) is -1.55. The number of nitrogens with one attached hydrogen (secondary N) is 2. The van der Waals surface area contributed by atoms with Gasteiger partial charge in [0.25, 0.3) is 0 Å². The molecule has 1 aromatic carbocycles. The van der Waals surface area contributed by atoms with Crippen LogP contribution in [0.25, 0.3) is 0 Å². The normalized spacial score (nSPS) is 25.9. The van der Waals surface area contributed by atoms with Crippen LogP contribution in [0, 0.1) is 11.8 Å². The lowest BCUT2D eigenvalue weighted by molar-refractivity contribution is -0.153. The molecule has 0 spiro atoms. The second-order valence-corrected chi connectivity index (χ2v) is 9.42. The first-order chi connectivity index (χ1) is 15.9. The highest BCUT2D eigenvalue weighted by Crippen LogP contribution is 2.29. The zero-order chi connectivity index (χ0) is 23.7. The lowest BCUT2D eigenvalue weighted by atomic mass is 9.93. The molecule has 7 nitrogen and oxygen atoms in total. The highest BCUT2D eigenvalue weighted by molar-refractivity contribution is 5.86. The van der Waals surface area contributed by atoms with E-state index in [1.165, 1.54) is 0 Å². The van der Waals surface area contributed by atoms with Gasteiger partial charge in [-0.3, -0.25) is 14.4 Å². The molecule has 0 radical (unpaired) electrons. The third kappa shape index (κ3) is 7.42. The van der Waals surface area contributed by atoms with Crippen molar-refractivity contribution in [3.63, 3.8) is 0 Å². The minimum absolute atomic E-state index is 0.0551. The molecular weight excluding hydrogens is 420 g/mol. The van der Waals surface area contributed by atoms with Crippen LogP contribution in [0.3, 0.4) is 0 Å². The van der Waals surface area contributed by atoms with Gasteiger partial charge < -0.3 is 20.5 Å². The van der Waals surface area contributed by atoms with E-state index in [0.717, 1.165) is 31.2 Å². The molecule has 3 atom stereocenters. The Kier molecular flexibility index (Phi) is 9.06. The Morgan fingerprint density at radius 1 is 1.12 bits per heavy atom. The van der Waals surface area contributed by atoms with E-state index in [0.29, 0.717) is 19.3 Å². The van der Waals surface area contributed by atoms with Gasteiger partial charge in [0.2, 0.25) is 11.8 Å². The van der Waals surface area contributed by atoms with Gasteiger partial charge in [-0.05, 0) is 44.6 Å². The van der Waals surface area contributed by atoms with Gasteiger partial charge in [-0.15, -0.1) is 0 Å². The highest BCUT2D eigenvalue weighted by Gasteiger charge is 2.35. The molecular formula is C26H36N2O5. The Morgan fingerprint density at radius 2 is 1.79 bits per heavy atom. The van der Waals surface area contributed by atoms with Crippen molar-refractivity contribution in [3.05, 3.63) is 48.0 Å². The molecule has 0 saturated heterocycles. The average Bonchev–Trinajstić information content (AvgIpc) is 3.27. The summed E-state index contributed by atoms with van der Waals surface area (Å²) in [4.78, 5) is 38.2. The maximum Gasteiger partial charge on any atom is 0.309 e. The van der Waals surface area contributed by atoms with Crippen molar-refractivity contribution >= 4 is 17.8 Å². The largest absolute Gasteiger partial charge is 0.461 e. The van der Waals surface area contributed by atoms with Gasteiger partial charge in [-0.25, -0.2) is 0 Å². The fraction of sp³-hybridized carbons (Fsp3) is 0.577. The number of hydrogen-bond acceptors (Lipinski definition) is 5. The summed E-state index contributed by atoms with van der Waals surface area (Å²) in [6.45, 7) is 1.87. The minimum Gasteiger partial charge on any atom is -0.461 e. The molecule has 3 N–H and O–H groups in total. The van der Waals surface area contributed by atoms with Gasteiger partial charge in [0.15, 0.2) is 0 Å². The van der Waals surface area contributed by atoms with Crippen LogP contribution in [0.15, 0.2) is 42.5 Å². The molecule has 180 valence electrons. The summed E-state index contributed by atoms with van der Waals surface area (Å²) in [6.07, 6.45) is 8.36. The number of ether oxygens (including phenoxy) is 1. The average molecular weight is 457 g/mol. The van der Waals surface area contributed by atoms with Gasteiger partial charge in [-0.1, -0.05) is 55.3 Å². The topological polar surface area (TPSA) is 105 Å². The number of esters is 1. The van der Waals surface area contributed by atoms with Crippen LogP contribution in [-0.2, 0) is 25.5 Å². The summed E-state index contributed by atoms with van der Waals surface area (Å²) < 4.78 is 5.59. The number of aliphatic hydroxyl groups excluding tert-OH is 1. The molecule has 1 heterocycles. The zero-order valence-corrected chi connectivity index (χ0v) is 19.4. The number of cyclic esters (lactones) is 1. The van der Waals surface area contributed by atoms with Gasteiger partial charge in [0.05, 0.1) is 30.5 Å². The van der Waals surface area contributed by atoms with Crippen LogP contribution in [0.5, 0.6) is 0 Å². The highest BCUT2D eigenvalue weighted by atomic mass is 16.5. The molecule has 1 aromatic rings. The quantitative estimate of drug-likeness (QED) is 0.451. The number of aliphatic hydroxyl groups is 1. The third-order valence-corrected chi connectivity index (χ3v) is 6.62. The zero-order valence-electron chi connectivity index (χ0n) is 19.4. The van der Waals surface area contributed by atoms with Gasteiger partial charge >= 0.3 is 5.97 Å². The third-order valence-electron chi connectivity index (χ3n) is 6.62. The van der Waals surface area contributed by atoms with Crippen LogP contribution < -0.4 is 10.6 Å². The van der Waals surface area contributed by atoms with Crippen molar-refractivity contribution in [1.29, 1.82) is 0 Å². The van der Waals surface area contributed by atoms with Gasteiger partial charge in [-0.2, -0.15) is 0 Å². The number of carbonyl (C=O) groups is 3. The number of benzene rings is 1. The fourth-order valence-corrected chi connectivity index (χ4v) is 4.64. The Bertz CT molecular complexity index is 832. The van der Waals surface area contributed by atoms with Gasteiger partial charge in [0, 0.05) is 6.42 Å². The predicted molar refractivity (Wildman–Crippen MR) is 125 cm³/mol. The molecule has 3 unspecified atom stereocenters. The maximum absolute atomic E-state index is 12.8. The van der Waals surface area contributed by atoms with Crippen molar-refractivity contribution in [1.82, 2.24) is 10.6 Å². The van der Waals surface area contributed by atoms with Crippen molar-refractivity contribution in [2.75, 3.05) is 13.2 Å². The van der Waals surface area contributed by atoms with E-state index in [1.807, 2.05) is 42.5 Å². The second-order valence-electron chi connectivity index (χ2n) is 9.42. The molecule has 2 amide bonds. The molecule has 1 aliphatic heterocycles. The molecule has 1 saturated carbocycles. The van der Waals surface area contributed by atoms with Crippen molar-refractivity contribution in [2.45, 2.75) is 69.9 Å². The monoisotopic (exact) mass is 456 g/mol. The predicted octanol–water partition coefficient (Wildman–Crippen LogP) is 2.67. The first-order valence-electron chi connectivity index (χ1n) is 12.0. The van der Waals surface area contributed by atoms with E-state index in [1.54, 1.807) is 6.92 Å². The summed E-state index contributed by atoms with van der Waals surface area (Å²) in [6, 6.07) is 9.83. The first kappa shape index (κ1) is 25.0. The van der Waals surface area contributed by atoms with Gasteiger partial charge in [0.1, 0.15) is 6.10 Å². The van der Waals surface area contributed by atoms with E-state index in [9.17, 15) is 19.5 Å². The Labute approximate surface area is 196 Å². The summed E-state index contributed by atoms with van der Waals surface area (Å²) in [7, 11) is 0. The van der Waals surface area contributed by atoms with Crippen LogP contribution in [-0.4, -0.2) is 47.7 Å². The van der Waals surface area contributed by atoms with Crippen LogP contribution in [0.2, 0.25) is 0 Å². The summed E-state index contributed by atoms with van der Waals surface area (Å²) in [5.41, 5.74) is 0.516. The minimum atomic E-state index is -0.553. The number of carbonyl (C=O) groups excluding carboxylic acids is 3. The number of allylic oxidation sites excluding steroid dienone is 2. The molecule has 0 bridgehead atoms. The number of amides is 2. The number of hydrogen-bond donors (Lipinski definition) is 3. The lowest BCUT2D eigenvalue weighted by Crippen LogP contribution is -2.50. The van der Waals surface area contributed by atoms with Crippen LogP contribution in [0.1, 0.15) is 57.4 Å². The first-order valence-corrected chi connectivity index (χ1v) is 12.0. The van der Waals surface area contributed by atoms with Crippen LogP contribution >= 0.6 is 0 Å². The number of rotatable bonds is 6. The Balaban J connectivity index is 1.66. The Hall–Kier alpha value is -2.67. The van der Waals surface area contributed by atoms with Crippen molar-refractivity contribution < 1.29 is 24.2 Å². The van der Waals surface area contributed by atoms with Crippen molar-refractivity contribution in [3.8, 4) is 0 Å². The molecule has 2 aliphatic rings. The van der Waals surface area contributed by atoms with E-state index in [-0.39, 0.29) is 43.3 Å². The van der Waals surface area contributed by atoms with E-state index < -0.39 is 17.6 Å². The standard InChI is InChI=1S/C26H36N2O5/c1-19-17-27-24(31)21(16-23(30)28-26(18-29)13-7-8-14-26)11-5-6-12-22(25(32)33-19)15-20-9-3-2-4-10-20/h2-6,9-10,19,21-22,29H,7-8,11-18H2,1H3,(H,27,31)(H,28,30). The second kappa shape index (κ2) is 12.0. The molecule has 0 aromatic heterocycles. The molecule has 7 heteroatoms. The maximum atomic E-state index is 12.8. The molecule has 33 heavy (non-hydrogen) atoms. The molecule has 3 rings (SSSR count). The lowest BCUT2D eigenvalue weighted by Gasteiger charge is -2.29. The summed E-state index contributed by atoms with van der Waals surface area (Å²) >= 11 is 0.